The van der Waals surface area contributed by atoms with Crippen LogP contribution < -0.4 is 15.4 Å². The van der Waals surface area contributed by atoms with Crippen molar-refractivity contribution in [2.75, 3.05) is 31.8 Å². The van der Waals surface area contributed by atoms with Gasteiger partial charge < -0.3 is 15.4 Å². The van der Waals surface area contributed by atoms with E-state index in [1.165, 1.54) is 32.6 Å². The molecule has 198 valence electrons. The fraction of sp³-hybridized carbons (Fsp3) is 0.240. The molecule has 0 radical (unpaired) electrons. The molecule has 3 aromatic heterocycles. The van der Waals surface area contributed by atoms with Gasteiger partial charge in [-0.25, -0.2) is 27.7 Å². The second-order valence-corrected chi connectivity index (χ2v) is 10.6. The first-order valence-corrected chi connectivity index (χ1v) is 13.1. The Kier molecular flexibility index (Phi) is 7.69. The number of aromatic nitrogens is 5. The number of Topliss-reactive ketones (excluding diaryl/α,β-unsaturated/α-hetero) is 1. The normalized spacial score (nSPS) is 11.4. The Hall–Kier alpha value is -4.36. The van der Waals surface area contributed by atoms with Gasteiger partial charge >= 0.3 is 0 Å². The number of carbonyl (C=O) groups excluding carboxylic acids is 1. The second kappa shape index (κ2) is 10.9. The van der Waals surface area contributed by atoms with Gasteiger partial charge in [-0.2, -0.15) is 5.10 Å². The standard InChI is InChI=1S/C25H28N8O4S/c1-6-21(34)18-14-27-23(30-22-11-10-16(13-26-22)38(35,36)32(2)3)12-20(18)29-19-9-7-8-17(24(19)37-5)25-28-15-33(4)31-25/h7-15H,6H2,1-5H3,(H2,26,27,29,30). The quantitative estimate of drug-likeness (QED) is 0.288. The van der Waals surface area contributed by atoms with Crippen LogP contribution in [0.4, 0.5) is 23.0 Å². The molecule has 0 amide bonds. The molecule has 0 spiro atoms. The average Bonchev–Trinajstić information content (AvgIpc) is 3.34. The first kappa shape index (κ1) is 26.7. The number of hydrogen-bond donors (Lipinski definition) is 2. The average molecular weight is 537 g/mol. The van der Waals surface area contributed by atoms with E-state index in [0.717, 1.165) is 4.31 Å². The third kappa shape index (κ3) is 5.48. The molecule has 3 heterocycles. The molecular formula is C25H28N8O4S. The van der Waals surface area contributed by atoms with Crippen molar-refractivity contribution < 1.29 is 17.9 Å². The first-order chi connectivity index (χ1) is 18.1. The highest BCUT2D eigenvalue weighted by molar-refractivity contribution is 7.89. The number of benzene rings is 1. The summed E-state index contributed by atoms with van der Waals surface area (Å²) in [6.07, 6.45) is 4.65. The largest absolute Gasteiger partial charge is 0.494 e. The highest BCUT2D eigenvalue weighted by Crippen LogP contribution is 2.37. The summed E-state index contributed by atoms with van der Waals surface area (Å²) < 4.78 is 33.0. The number of nitrogens with zero attached hydrogens (tertiary/aromatic N) is 6. The van der Waals surface area contributed by atoms with Crippen LogP contribution in [0, 0.1) is 0 Å². The number of anilines is 4. The minimum absolute atomic E-state index is 0.0710. The van der Waals surface area contributed by atoms with Crippen molar-refractivity contribution >= 4 is 38.8 Å². The zero-order chi connectivity index (χ0) is 27.4. The van der Waals surface area contributed by atoms with E-state index >= 15 is 0 Å². The van der Waals surface area contributed by atoms with Crippen molar-refractivity contribution in [3.63, 3.8) is 0 Å². The smallest absolute Gasteiger partial charge is 0.244 e. The minimum Gasteiger partial charge on any atom is -0.494 e. The maximum Gasteiger partial charge on any atom is 0.244 e. The van der Waals surface area contributed by atoms with Crippen molar-refractivity contribution in [1.82, 2.24) is 29.0 Å². The minimum atomic E-state index is -3.60. The molecule has 0 saturated heterocycles. The number of ether oxygens (including phenoxy) is 1. The number of methoxy groups -OCH3 is 1. The number of rotatable bonds is 10. The van der Waals surface area contributed by atoms with Crippen LogP contribution in [0.1, 0.15) is 23.7 Å². The lowest BCUT2D eigenvalue weighted by Gasteiger charge is -2.17. The monoisotopic (exact) mass is 536 g/mol. The van der Waals surface area contributed by atoms with Crippen LogP contribution in [0.2, 0.25) is 0 Å². The molecule has 4 aromatic rings. The topological polar surface area (TPSA) is 144 Å². The van der Waals surface area contributed by atoms with Gasteiger partial charge in [0.25, 0.3) is 0 Å². The highest BCUT2D eigenvalue weighted by atomic mass is 32.2. The van der Waals surface area contributed by atoms with E-state index in [9.17, 15) is 13.2 Å². The maximum atomic E-state index is 12.7. The number of ketones is 1. The predicted molar refractivity (Wildman–Crippen MR) is 144 cm³/mol. The Morgan fingerprint density at radius 2 is 1.79 bits per heavy atom. The Morgan fingerprint density at radius 3 is 2.39 bits per heavy atom. The molecule has 2 N–H and O–H groups in total. The number of pyridine rings is 2. The lowest BCUT2D eigenvalue weighted by atomic mass is 10.1. The van der Waals surface area contributed by atoms with Crippen LogP contribution in [0.15, 0.2) is 60.0 Å². The van der Waals surface area contributed by atoms with Gasteiger partial charge in [-0.15, -0.1) is 0 Å². The Bertz CT molecular complexity index is 1570. The molecule has 0 aliphatic heterocycles. The lowest BCUT2D eigenvalue weighted by Crippen LogP contribution is -2.22. The second-order valence-electron chi connectivity index (χ2n) is 8.44. The van der Waals surface area contributed by atoms with Crippen molar-refractivity contribution in [2.45, 2.75) is 18.2 Å². The number of nitrogens with one attached hydrogen (secondary N) is 2. The third-order valence-electron chi connectivity index (χ3n) is 5.63. The van der Waals surface area contributed by atoms with E-state index in [4.69, 9.17) is 4.74 Å². The molecule has 0 unspecified atom stereocenters. The molecule has 1 aromatic carbocycles. The summed E-state index contributed by atoms with van der Waals surface area (Å²) in [6, 6.07) is 10.2. The zero-order valence-corrected chi connectivity index (χ0v) is 22.4. The number of hydrogen-bond acceptors (Lipinski definition) is 10. The maximum absolute atomic E-state index is 12.7. The van der Waals surface area contributed by atoms with Gasteiger partial charge in [0.1, 0.15) is 22.9 Å². The Labute approximate surface area is 220 Å². The van der Waals surface area contributed by atoms with E-state index in [0.29, 0.717) is 52.1 Å². The number of aryl methyl sites for hydroxylation is 1. The van der Waals surface area contributed by atoms with Gasteiger partial charge in [-0.05, 0) is 24.3 Å². The highest BCUT2D eigenvalue weighted by Gasteiger charge is 2.19. The molecule has 13 heteroatoms. The zero-order valence-electron chi connectivity index (χ0n) is 21.6. The summed E-state index contributed by atoms with van der Waals surface area (Å²) in [6.45, 7) is 1.78. The molecule has 38 heavy (non-hydrogen) atoms. The molecule has 0 aliphatic carbocycles. The molecule has 4 rings (SSSR count). The van der Waals surface area contributed by atoms with E-state index in [2.05, 4.69) is 30.7 Å². The van der Waals surface area contributed by atoms with Crippen molar-refractivity contribution in [3.8, 4) is 17.1 Å². The molecule has 0 fully saturated rings. The van der Waals surface area contributed by atoms with Gasteiger partial charge in [0.05, 0.1) is 29.6 Å². The van der Waals surface area contributed by atoms with E-state index < -0.39 is 10.0 Å². The van der Waals surface area contributed by atoms with Crippen LogP contribution in [0.5, 0.6) is 5.75 Å². The molecule has 0 saturated carbocycles. The summed E-state index contributed by atoms with van der Waals surface area (Å²) in [5.74, 6) is 1.71. The fourth-order valence-corrected chi connectivity index (χ4v) is 4.48. The van der Waals surface area contributed by atoms with E-state index in [1.54, 1.807) is 44.2 Å². The van der Waals surface area contributed by atoms with Crippen molar-refractivity contribution in [2.24, 2.45) is 7.05 Å². The third-order valence-corrected chi connectivity index (χ3v) is 7.42. The van der Waals surface area contributed by atoms with Gasteiger partial charge in [-0.1, -0.05) is 13.0 Å². The summed E-state index contributed by atoms with van der Waals surface area (Å²) in [7, 11) is 2.65. The SMILES string of the molecule is CCC(=O)c1cnc(Nc2ccc(S(=O)(=O)N(C)C)cn2)cc1Nc1cccc(-c2ncn(C)n2)c1OC. The molecule has 12 nitrogen and oxygen atoms in total. The Balaban J connectivity index is 1.68. The van der Waals surface area contributed by atoms with Crippen molar-refractivity contribution in [3.05, 3.63) is 60.7 Å². The van der Waals surface area contributed by atoms with Crippen LogP contribution >= 0.6 is 0 Å². The Morgan fingerprint density at radius 1 is 1.03 bits per heavy atom. The van der Waals surface area contributed by atoms with Crippen LogP contribution in [0.3, 0.4) is 0 Å². The summed E-state index contributed by atoms with van der Waals surface area (Å²) in [5, 5.41) is 10.7. The molecular weight excluding hydrogens is 508 g/mol. The first-order valence-electron chi connectivity index (χ1n) is 11.6. The lowest BCUT2D eigenvalue weighted by molar-refractivity contribution is 0.0988. The van der Waals surface area contributed by atoms with Crippen LogP contribution in [-0.2, 0) is 17.1 Å². The predicted octanol–water partition coefficient (Wildman–Crippen LogP) is 3.61. The van der Waals surface area contributed by atoms with Gasteiger partial charge in [0.2, 0.25) is 10.0 Å². The van der Waals surface area contributed by atoms with E-state index in [1.807, 2.05) is 18.2 Å². The number of sulfonamides is 1. The molecule has 0 aliphatic rings. The fourth-order valence-electron chi connectivity index (χ4n) is 3.63. The number of para-hydroxylation sites is 1. The summed E-state index contributed by atoms with van der Waals surface area (Å²) in [4.78, 5) is 25.7. The van der Waals surface area contributed by atoms with Gasteiger partial charge in [0.15, 0.2) is 17.4 Å². The molecule has 0 bridgehead atoms. The summed E-state index contributed by atoms with van der Waals surface area (Å²) in [5.41, 5.74) is 2.20. The van der Waals surface area contributed by atoms with Crippen LogP contribution in [-0.4, -0.2) is 64.4 Å². The molecule has 0 atom stereocenters. The van der Waals surface area contributed by atoms with Crippen molar-refractivity contribution in [1.29, 1.82) is 0 Å². The number of carbonyl (C=O) groups is 1. The van der Waals surface area contributed by atoms with Gasteiger partial charge in [0, 0.05) is 46.0 Å². The van der Waals surface area contributed by atoms with Crippen LogP contribution in [0.25, 0.3) is 11.4 Å². The van der Waals surface area contributed by atoms with Gasteiger partial charge in [-0.3, -0.25) is 9.48 Å². The van der Waals surface area contributed by atoms with E-state index in [-0.39, 0.29) is 10.7 Å². The summed E-state index contributed by atoms with van der Waals surface area (Å²) >= 11 is 0.